The third kappa shape index (κ3) is 5.21. The van der Waals surface area contributed by atoms with Crippen LogP contribution in [0, 0.1) is 6.92 Å². The summed E-state index contributed by atoms with van der Waals surface area (Å²) in [5, 5.41) is 3.38. The molecule has 1 N–H and O–H groups in total. The van der Waals surface area contributed by atoms with Gasteiger partial charge in [0, 0.05) is 31.9 Å². The molecule has 1 heterocycles. The van der Waals surface area contributed by atoms with Gasteiger partial charge in [0.1, 0.15) is 12.4 Å². The summed E-state index contributed by atoms with van der Waals surface area (Å²) < 4.78 is 11.4. The largest absolute Gasteiger partial charge is 0.491 e. The van der Waals surface area contributed by atoms with Crippen LogP contribution in [0.5, 0.6) is 5.75 Å². The lowest BCUT2D eigenvalue weighted by atomic mass is 10.1. The molecule has 1 saturated heterocycles. The van der Waals surface area contributed by atoms with Gasteiger partial charge in [0.05, 0.1) is 12.2 Å². The number of rotatable bonds is 5. The third-order valence-electron chi connectivity index (χ3n) is 3.51. The Kier molecular flexibility index (Phi) is 5.48. The van der Waals surface area contributed by atoms with Crippen LogP contribution in [0.15, 0.2) is 18.2 Å². The van der Waals surface area contributed by atoms with Crippen LogP contribution in [0.1, 0.15) is 26.3 Å². The first-order valence-electron chi connectivity index (χ1n) is 7.79. The summed E-state index contributed by atoms with van der Waals surface area (Å²) in [6.45, 7) is 13.8. The Balaban J connectivity index is 1.86. The highest BCUT2D eigenvalue weighted by Crippen LogP contribution is 2.25. The number of benzene rings is 1. The molecule has 1 aliphatic heterocycles. The van der Waals surface area contributed by atoms with Crippen molar-refractivity contribution in [1.29, 1.82) is 0 Å². The Morgan fingerprint density at radius 2 is 1.86 bits per heavy atom. The predicted octanol–water partition coefficient (Wildman–Crippen LogP) is 2.60. The van der Waals surface area contributed by atoms with Crippen molar-refractivity contribution < 1.29 is 9.47 Å². The molecule has 0 radical (unpaired) electrons. The van der Waals surface area contributed by atoms with Crippen molar-refractivity contribution in [3.8, 4) is 5.75 Å². The molecule has 21 heavy (non-hydrogen) atoms. The van der Waals surface area contributed by atoms with E-state index in [0.717, 1.165) is 31.9 Å². The summed E-state index contributed by atoms with van der Waals surface area (Å²) in [5.74, 6) is 0.920. The van der Waals surface area contributed by atoms with Crippen LogP contribution in [-0.2, 0) is 4.74 Å². The minimum atomic E-state index is -0.106. The van der Waals surface area contributed by atoms with E-state index in [-0.39, 0.29) is 5.60 Å². The van der Waals surface area contributed by atoms with Crippen LogP contribution >= 0.6 is 0 Å². The maximum absolute atomic E-state index is 5.77. The summed E-state index contributed by atoms with van der Waals surface area (Å²) in [4.78, 5) is 2.43. The lowest BCUT2D eigenvalue weighted by molar-refractivity contribution is -0.0163. The number of piperazine rings is 1. The Morgan fingerprint density at radius 1 is 1.14 bits per heavy atom. The van der Waals surface area contributed by atoms with Crippen molar-refractivity contribution in [2.24, 2.45) is 0 Å². The zero-order chi connectivity index (χ0) is 15.3. The molecular weight excluding hydrogens is 264 g/mol. The number of anilines is 1. The number of nitrogens with one attached hydrogen (secondary N) is 1. The second-order valence-electron chi connectivity index (χ2n) is 6.49. The van der Waals surface area contributed by atoms with E-state index in [1.807, 2.05) is 0 Å². The molecule has 0 aliphatic carbocycles. The van der Waals surface area contributed by atoms with Gasteiger partial charge in [0.15, 0.2) is 0 Å². The van der Waals surface area contributed by atoms with Crippen LogP contribution in [0.2, 0.25) is 0 Å². The van der Waals surface area contributed by atoms with Gasteiger partial charge in [-0.05, 0) is 51.5 Å². The standard InChI is InChI=1S/C17H28N2O2/c1-14-13-15(20-11-12-21-17(2,3)4)5-6-16(14)19-9-7-18-8-10-19/h5-6,13,18H,7-12H2,1-4H3. The second kappa shape index (κ2) is 7.14. The number of aryl methyl sites for hydroxylation is 1. The zero-order valence-electron chi connectivity index (χ0n) is 13.7. The Morgan fingerprint density at radius 3 is 2.48 bits per heavy atom. The van der Waals surface area contributed by atoms with Gasteiger partial charge < -0.3 is 19.7 Å². The molecule has 2 rings (SSSR count). The number of hydrogen-bond acceptors (Lipinski definition) is 4. The highest BCUT2D eigenvalue weighted by Gasteiger charge is 2.13. The second-order valence-corrected chi connectivity index (χ2v) is 6.49. The maximum atomic E-state index is 5.77. The predicted molar refractivity (Wildman–Crippen MR) is 87.5 cm³/mol. The van der Waals surface area contributed by atoms with Gasteiger partial charge in [-0.3, -0.25) is 0 Å². The average molecular weight is 292 g/mol. The van der Waals surface area contributed by atoms with Crippen LogP contribution in [0.3, 0.4) is 0 Å². The molecule has 0 atom stereocenters. The molecule has 1 aromatic carbocycles. The fourth-order valence-corrected chi connectivity index (χ4v) is 2.49. The van der Waals surface area contributed by atoms with Gasteiger partial charge in [-0.2, -0.15) is 0 Å². The van der Waals surface area contributed by atoms with E-state index in [4.69, 9.17) is 9.47 Å². The monoisotopic (exact) mass is 292 g/mol. The van der Waals surface area contributed by atoms with E-state index in [1.54, 1.807) is 0 Å². The highest BCUT2D eigenvalue weighted by atomic mass is 16.5. The fraction of sp³-hybridized carbons (Fsp3) is 0.647. The molecular formula is C17H28N2O2. The SMILES string of the molecule is Cc1cc(OCCOC(C)(C)C)ccc1N1CCNCC1. The first kappa shape index (κ1) is 16.1. The normalized spacial score (nSPS) is 16.1. The van der Waals surface area contributed by atoms with E-state index in [9.17, 15) is 0 Å². The molecule has 118 valence electrons. The molecule has 0 bridgehead atoms. The summed E-state index contributed by atoms with van der Waals surface area (Å²) in [7, 11) is 0. The van der Waals surface area contributed by atoms with Gasteiger partial charge >= 0.3 is 0 Å². The number of hydrogen-bond donors (Lipinski definition) is 1. The van der Waals surface area contributed by atoms with Crippen molar-refractivity contribution >= 4 is 5.69 Å². The van der Waals surface area contributed by atoms with Crippen LogP contribution in [0.25, 0.3) is 0 Å². The van der Waals surface area contributed by atoms with Crippen LogP contribution < -0.4 is 15.0 Å². The average Bonchev–Trinajstić information content (AvgIpc) is 2.44. The highest BCUT2D eigenvalue weighted by molar-refractivity contribution is 5.56. The molecule has 4 heteroatoms. The maximum Gasteiger partial charge on any atom is 0.119 e. The van der Waals surface area contributed by atoms with Gasteiger partial charge in [-0.15, -0.1) is 0 Å². The summed E-state index contributed by atoms with van der Waals surface area (Å²) in [6.07, 6.45) is 0. The fourth-order valence-electron chi connectivity index (χ4n) is 2.49. The summed E-state index contributed by atoms with van der Waals surface area (Å²) >= 11 is 0. The molecule has 0 saturated carbocycles. The molecule has 1 aromatic rings. The molecule has 1 fully saturated rings. The van der Waals surface area contributed by atoms with Crippen LogP contribution in [-0.4, -0.2) is 45.0 Å². The molecule has 0 amide bonds. The first-order valence-corrected chi connectivity index (χ1v) is 7.79. The van der Waals surface area contributed by atoms with E-state index < -0.39 is 0 Å². The van der Waals surface area contributed by atoms with Gasteiger partial charge in [-0.1, -0.05) is 0 Å². The molecule has 0 spiro atoms. The molecule has 1 aliphatic rings. The van der Waals surface area contributed by atoms with Crippen molar-refractivity contribution in [3.05, 3.63) is 23.8 Å². The summed E-state index contributed by atoms with van der Waals surface area (Å²) in [6, 6.07) is 6.34. The minimum Gasteiger partial charge on any atom is -0.491 e. The van der Waals surface area contributed by atoms with Crippen molar-refractivity contribution in [3.63, 3.8) is 0 Å². The molecule has 4 nitrogen and oxygen atoms in total. The minimum absolute atomic E-state index is 0.106. The van der Waals surface area contributed by atoms with Gasteiger partial charge in [0.25, 0.3) is 0 Å². The van der Waals surface area contributed by atoms with Crippen molar-refractivity contribution in [2.45, 2.75) is 33.3 Å². The Bertz CT molecular complexity index is 449. The number of nitrogens with zero attached hydrogens (tertiary/aromatic N) is 1. The van der Waals surface area contributed by atoms with E-state index in [2.05, 4.69) is 56.1 Å². The third-order valence-corrected chi connectivity index (χ3v) is 3.51. The lowest BCUT2D eigenvalue weighted by Gasteiger charge is -2.30. The zero-order valence-corrected chi connectivity index (χ0v) is 13.7. The smallest absolute Gasteiger partial charge is 0.119 e. The topological polar surface area (TPSA) is 33.7 Å². The van der Waals surface area contributed by atoms with E-state index in [0.29, 0.717) is 13.2 Å². The van der Waals surface area contributed by atoms with Crippen LogP contribution in [0.4, 0.5) is 5.69 Å². The Labute approximate surface area is 128 Å². The summed E-state index contributed by atoms with van der Waals surface area (Å²) in [5.41, 5.74) is 2.48. The Hall–Kier alpha value is -1.26. The first-order chi connectivity index (χ1) is 9.96. The van der Waals surface area contributed by atoms with E-state index in [1.165, 1.54) is 11.3 Å². The van der Waals surface area contributed by atoms with E-state index >= 15 is 0 Å². The van der Waals surface area contributed by atoms with Gasteiger partial charge in [-0.25, -0.2) is 0 Å². The molecule has 0 aromatic heterocycles. The van der Waals surface area contributed by atoms with Crippen molar-refractivity contribution in [1.82, 2.24) is 5.32 Å². The quantitative estimate of drug-likeness (QED) is 0.846. The van der Waals surface area contributed by atoms with Crippen molar-refractivity contribution in [2.75, 3.05) is 44.3 Å². The van der Waals surface area contributed by atoms with Gasteiger partial charge in [0.2, 0.25) is 0 Å². The lowest BCUT2D eigenvalue weighted by Crippen LogP contribution is -2.43. The number of ether oxygens (including phenoxy) is 2. The molecule has 0 unspecified atom stereocenters.